The third kappa shape index (κ3) is 3.98. The Labute approximate surface area is 168 Å². The molecule has 0 aliphatic carbocycles. The van der Waals surface area contributed by atoms with Crippen LogP contribution in [0.2, 0.25) is 0 Å². The van der Waals surface area contributed by atoms with E-state index in [0.29, 0.717) is 16.2 Å². The number of hydrazine groups is 1. The molecule has 1 fully saturated rings. The first-order valence-electron chi connectivity index (χ1n) is 7.47. The van der Waals surface area contributed by atoms with E-state index >= 15 is 0 Å². The quantitative estimate of drug-likeness (QED) is 0.565. The number of ether oxygens (including phenoxy) is 1. The van der Waals surface area contributed by atoms with E-state index in [1.54, 1.807) is 43.5 Å². The molecule has 3 rings (SSSR count). The molecular formula is C18H13BrN2O3S2. The SMILES string of the molecule is COc1ccc(/C=C2\SC(=S)N(NC(=O)c3ccccc3)C2=O)cc1Br. The molecule has 0 radical (unpaired) electrons. The highest BCUT2D eigenvalue weighted by Crippen LogP contribution is 2.33. The Morgan fingerprint density at radius 2 is 2.00 bits per heavy atom. The molecule has 2 aromatic carbocycles. The van der Waals surface area contributed by atoms with Crippen molar-refractivity contribution in [3.63, 3.8) is 0 Å². The van der Waals surface area contributed by atoms with Gasteiger partial charge in [0.15, 0.2) is 4.32 Å². The van der Waals surface area contributed by atoms with Crippen LogP contribution in [0.5, 0.6) is 5.75 Å². The summed E-state index contributed by atoms with van der Waals surface area (Å²) in [7, 11) is 1.58. The van der Waals surface area contributed by atoms with Gasteiger partial charge in [-0.05, 0) is 64.1 Å². The fraction of sp³-hybridized carbons (Fsp3) is 0.0556. The fourth-order valence-electron chi connectivity index (χ4n) is 2.24. The van der Waals surface area contributed by atoms with Crippen LogP contribution >= 0.6 is 39.9 Å². The number of nitrogens with zero attached hydrogens (tertiary/aromatic N) is 1. The van der Waals surface area contributed by atoms with E-state index in [0.717, 1.165) is 26.8 Å². The lowest BCUT2D eigenvalue weighted by atomic mass is 10.2. The number of thiocarbonyl (C=S) groups is 1. The number of hydrogen-bond acceptors (Lipinski definition) is 5. The van der Waals surface area contributed by atoms with E-state index in [2.05, 4.69) is 21.4 Å². The largest absolute Gasteiger partial charge is 0.496 e. The number of carbonyl (C=O) groups excluding carboxylic acids is 2. The molecule has 0 aromatic heterocycles. The molecule has 0 unspecified atom stereocenters. The minimum absolute atomic E-state index is 0.276. The van der Waals surface area contributed by atoms with Crippen LogP contribution in [0, 0.1) is 0 Å². The van der Waals surface area contributed by atoms with Gasteiger partial charge in [-0.15, -0.1) is 0 Å². The highest BCUT2D eigenvalue weighted by atomic mass is 79.9. The molecule has 1 heterocycles. The molecule has 2 amide bonds. The molecule has 0 saturated carbocycles. The molecule has 2 aromatic rings. The van der Waals surface area contributed by atoms with Crippen LogP contribution < -0.4 is 10.2 Å². The maximum absolute atomic E-state index is 12.6. The lowest BCUT2D eigenvalue weighted by molar-refractivity contribution is -0.123. The minimum Gasteiger partial charge on any atom is -0.496 e. The maximum Gasteiger partial charge on any atom is 0.285 e. The minimum atomic E-state index is -0.393. The molecule has 1 aliphatic rings. The third-order valence-corrected chi connectivity index (χ3v) is 5.44. The van der Waals surface area contributed by atoms with E-state index in [-0.39, 0.29) is 10.2 Å². The summed E-state index contributed by atoms with van der Waals surface area (Å²) in [5.74, 6) is -0.0589. The molecule has 8 heteroatoms. The number of amides is 2. The van der Waals surface area contributed by atoms with Crippen molar-refractivity contribution < 1.29 is 14.3 Å². The topological polar surface area (TPSA) is 58.6 Å². The van der Waals surface area contributed by atoms with Crippen LogP contribution in [0.15, 0.2) is 57.9 Å². The molecule has 0 atom stereocenters. The summed E-state index contributed by atoms with van der Waals surface area (Å²) < 4.78 is 6.25. The van der Waals surface area contributed by atoms with Crippen LogP contribution in [-0.4, -0.2) is 28.3 Å². The Morgan fingerprint density at radius 1 is 1.27 bits per heavy atom. The summed E-state index contributed by atoms with van der Waals surface area (Å²) in [6, 6.07) is 14.1. The molecule has 1 aliphatic heterocycles. The van der Waals surface area contributed by atoms with E-state index in [1.165, 1.54) is 0 Å². The molecule has 0 bridgehead atoms. The van der Waals surface area contributed by atoms with Gasteiger partial charge in [0.25, 0.3) is 11.8 Å². The summed E-state index contributed by atoms with van der Waals surface area (Å²) in [5.41, 5.74) is 3.81. The van der Waals surface area contributed by atoms with Crippen LogP contribution in [0.4, 0.5) is 0 Å². The first-order chi connectivity index (χ1) is 12.5. The van der Waals surface area contributed by atoms with E-state index in [4.69, 9.17) is 17.0 Å². The van der Waals surface area contributed by atoms with Crippen molar-refractivity contribution in [2.75, 3.05) is 7.11 Å². The summed E-state index contributed by atoms with van der Waals surface area (Å²) in [6.07, 6.45) is 1.72. The number of thioether (sulfide) groups is 1. The average molecular weight is 449 g/mol. The zero-order valence-corrected chi connectivity index (χ0v) is 16.8. The lowest BCUT2D eigenvalue weighted by Crippen LogP contribution is -2.44. The monoisotopic (exact) mass is 448 g/mol. The molecule has 0 spiro atoms. The zero-order valence-electron chi connectivity index (χ0n) is 13.6. The van der Waals surface area contributed by atoms with Crippen molar-refractivity contribution in [1.82, 2.24) is 10.4 Å². The predicted octanol–water partition coefficient (Wildman–Crippen LogP) is 4.00. The summed E-state index contributed by atoms with van der Waals surface area (Å²) >= 11 is 9.78. The Hall–Kier alpha value is -2.16. The second-order valence-corrected chi connectivity index (χ2v) is 7.75. The molecule has 26 heavy (non-hydrogen) atoms. The van der Waals surface area contributed by atoms with Gasteiger partial charge in [0, 0.05) is 5.56 Å². The molecular weight excluding hydrogens is 436 g/mol. The number of halogens is 1. The second kappa shape index (κ2) is 8.03. The first-order valence-corrected chi connectivity index (χ1v) is 9.49. The third-order valence-electron chi connectivity index (χ3n) is 3.52. The Kier molecular flexibility index (Phi) is 5.75. The van der Waals surface area contributed by atoms with Crippen molar-refractivity contribution in [2.45, 2.75) is 0 Å². The van der Waals surface area contributed by atoms with E-state index in [1.807, 2.05) is 18.2 Å². The highest BCUT2D eigenvalue weighted by molar-refractivity contribution is 9.10. The molecule has 132 valence electrons. The highest BCUT2D eigenvalue weighted by Gasteiger charge is 2.33. The lowest BCUT2D eigenvalue weighted by Gasteiger charge is -2.15. The Morgan fingerprint density at radius 3 is 2.65 bits per heavy atom. The van der Waals surface area contributed by atoms with Crippen LogP contribution in [0.1, 0.15) is 15.9 Å². The summed E-state index contributed by atoms with van der Waals surface area (Å²) in [6.45, 7) is 0. The van der Waals surface area contributed by atoms with E-state index < -0.39 is 5.91 Å². The molecule has 1 saturated heterocycles. The molecule has 1 N–H and O–H groups in total. The number of benzene rings is 2. The number of methoxy groups -OCH3 is 1. The van der Waals surface area contributed by atoms with Crippen molar-refractivity contribution in [1.29, 1.82) is 0 Å². The van der Waals surface area contributed by atoms with Gasteiger partial charge in [-0.2, -0.15) is 5.01 Å². The average Bonchev–Trinajstić information content (AvgIpc) is 2.90. The summed E-state index contributed by atoms with van der Waals surface area (Å²) in [5, 5.41) is 1.10. The van der Waals surface area contributed by atoms with Gasteiger partial charge >= 0.3 is 0 Å². The van der Waals surface area contributed by atoms with Crippen molar-refractivity contribution in [3.8, 4) is 5.75 Å². The number of hydrogen-bond donors (Lipinski definition) is 1. The Bertz CT molecular complexity index is 916. The van der Waals surface area contributed by atoms with Crippen molar-refractivity contribution in [3.05, 3.63) is 69.0 Å². The normalized spacial score (nSPS) is 15.5. The van der Waals surface area contributed by atoms with Gasteiger partial charge in [0.05, 0.1) is 16.5 Å². The standard InChI is InChI=1S/C18H13BrN2O3S2/c1-24-14-8-7-11(9-13(14)19)10-15-17(23)21(18(25)26-15)20-16(22)12-5-3-2-4-6-12/h2-10H,1H3,(H,20,22)/b15-10-. The van der Waals surface area contributed by atoms with Gasteiger partial charge in [0.1, 0.15) is 5.75 Å². The van der Waals surface area contributed by atoms with Crippen LogP contribution in [0.3, 0.4) is 0 Å². The van der Waals surface area contributed by atoms with Gasteiger partial charge < -0.3 is 4.74 Å². The van der Waals surface area contributed by atoms with Crippen LogP contribution in [0.25, 0.3) is 6.08 Å². The van der Waals surface area contributed by atoms with Gasteiger partial charge in [0.2, 0.25) is 0 Å². The summed E-state index contributed by atoms with van der Waals surface area (Å²) in [4.78, 5) is 25.3. The van der Waals surface area contributed by atoms with Crippen LogP contribution in [-0.2, 0) is 4.79 Å². The zero-order chi connectivity index (χ0) is 18.7. The Balaban J connectivity index is 1.78. The van der Waals surface area contributed by atoms with Crippen molar-refractivity contribution in [2.24, 2.45) is 0 Å². The number of rotatable bonds is 4. The van der Waals surface area contributed by atoms with Gasteiger partial charge in [-0.1, -0.05) is 36.0 Å². The fourth-order valence-corrected chi connectivity index (χ4v) is 3.98. The predicted molar refractivity (Wildman–Crippen MR) is 110 cm³/mol. The van der Waals surface area contributed by atoms with Gasteiger partial charge in [-0.3, -0.25) is 15.0 Å². The van der Waals surface area contributed by atoms with Gasteiger partial charge in [-0.25, -0.2) is 0 Å². The number of nitrogens with one attached hydrogen (secondary N) is 1. The molecule has 5 nitrogen and oxygen atoms in total. The second-order valence-electron chi connectivity index (χ2n) is 5.22. The smallest absolute Gasteiger partial charge is 0.285 e. The number of carbonyl (C=O) groups is 2. The van der Waals surface area contributed by atoms with E-state index in [9.17, 15) is 9.59 Å². The van der Waals surface area contributed by atoms with Crippen molar-refractivity contribution >= 4 is 62.1 Å². The first kappa shape index (κ1) is 18.6. The maximum atomic E-state index is 12.6.